The number of rotatable bonds is 3. The topological polar surface area (TPSA) is 121 Å². The molecule has 1 aromatic carbocycles. The number of carbonyl (C=O) groups excluding carboxylic acids is 1. The lowest BCUT2D eigenvalue weighted by molar-refractivity contribution is 0.202. The highest BCUT2D eigenvalue weighted by Gasteiger charge is 2.18. The van der Waals surface area contributed by atoms with Gasteiger partial charge in [0.15, 0.2) is 0 Å². The molecule has 2 heterocycles. The van der Waals surface area contributed by atoms with Crippen LogP contribution in [0.3, 0.4) is 0 Å². The fraction of sp³-hybridized carbons (Fsp3) is 0.214. The van der Waals surface area contributed by atoms with Gasteiger partial charge in [-0.05, 0) is 37.6 Å². The van der Waals surface area contributed by atoms with Crippen LogP contribution in [0.1, 0.15) is 11.3 Å². The van der Waals surface area contributed by atoms with Crippen molar-refractivity contribution in [3.63, 3.8) is 0 Å². The fourth-order valence-electron chi connectivity index (χ4n) is 2.17. The van der Waals surface area contributed by atoms with E-state index in [1.54, 1.807) is 6.07 Å². The molecule has 23 heavy (non-hydrogen) atoms. The molecule has 0 saturated carbocycles. The second-order valence-electron chi connectivity index (χ2n) is 4.90. The molecule has 0 atom stereocenters. The molecular weight excluding hydrogens is 298 g/mol. The van der Waals surface area contributed by atoms with Gasteiger partial charge < -0.3 is 10.1 Å². The van der Waals surface area contributed by atoms with Crippen LogP contribution in [0.15, 0.2) is 18.2 Å². The summed E-state index contributed by atoms with van der Waals surface area (Å²) in [6.45, 7) is 3.69. The highest BCUT2D eigenvalue weighted by atomic mass is 16.6. The van der Waals surface area contributed by atoms with Crippen molar-refractivity contribution in [2.75, 3.05) is 7.05 Å². The number of ether oxygens (including phenoxy) is 1. The molecule has 9 nitrogen and oxygen atoms in total. The first-order valence-corrected chi connectivity index (χ1v) is 6.89. The predicted octanol–water partition coefficient (Wildman–Crippen LogP) is 1.59. The first-order valence-electron chi connectivity index (χ1n) is 6.89. The smallest absolute Gasteiger partial charge is 0.410 e. The summed E-state index contributed by atoms with van der Waals surface area (Å²) >= 11 is 0. The largest absolute Gasteiger partial charge is 0.412 e. The van der Waals surface area contributed by atoms with E-state index in [0.717, 1.165) is 16.8 Å². The highest BCUT2D eigenvalue weighted by Crippen LogP contribution is 2.31. The molecule has 0 bridgehead atoms. The van der Waals surface area contributed by atoms with Crippen molar-refractivity contribution in [2.24, 2.45) is 0 Å². The van der Waals surface area contributed by atoms with Crippen LogP contribution in [0, 0.1) is 13.8 Å². The lowest BCUT2D eigenvalue weighted by Crippen LogP contribution is -2.22. The van der Waals surface area contributed by atoms with Crippen molar-refractivity contribution in [2.45, 2.75) is 13.8 Å². The molecule has 0 saturated heterocycles. The van der Waals surface area contributed by atoms with Gasteiger partial charge in [-0.3, -0.25) is 0 Å². The van der Waals surface area contributed by atoms with Crippen LogP contribution >= 0.6 is 0 Å². The highest BCUT2D eigenvalue weighted by molar-refractivity contribution is 5.77. The number of carbonyl (C=O) groups is 1. The quantitative estimate of drug-likeness (QED) is 0.675. The Kier molecular flexibility index (Phi) is 3.75. The van der Waals surface area contributed by atoms with Gasteiger partial charge in [0.25, 0.3) is 0 Å². The fourth-order valence-corrected chi connectivity index (χ4v) is 2.17. The average Bonchev–Trinajstić information content (AvgIpc) is 3.17. The third kappa shape index (κ3) is 2.76. The van der Waals surface area contributed by atoms with E-state index in [0.29, 0.717) is 22.8 Å². The molecule has 0 aliphatic rings. The van der Waals surface area contributed by atoms with E-state index < -0.39 is 6.09 Å². The van der Waals surface area contributed by atoms with Crippen molar-refractivity contribution in [1.29, 1.82) is 0 Å². The Morgan fingerprint density at radius 3 is 2.39 bits per heavy atom. The zero-order chi connectivity index (χ0) is 16.4. The van der Waals surface area contributed by atoms with Crippen LogP contribution in [-0.2, 0) is 0 Å². The van der Waals surface area contributed by atoms with E-state index in [9.17, 15) is 4.79 Å². The SMILES string of the molecule is CNC(=O)Oc1ccc(-c2n[nH]nc2-c2n[nH]nc2C)cc1C. The van der Waals surface area contributed by atoms with Gasteiger partial charge in [0.05, 0.1) is 5.69 Å². The molecule has 0 aliphatic carbocycles. The third-order valence-corrected chi connectivity index (χ3v) is 3.35. The van der Waals surface area contributed by atoms with Gasteiger partial charge in [0, 0.05) is 12.6 Å². The summed E-state index contributed by atoms with van der Waals surface area (Å²) in [6, 6.07) is 5.39. The van der Waals surface area contributed by atoms with E-state index in [2.05, 4.69) is 36.1 Å². The number of aromatic amines is 2. The van der Waals surface area contributed by atoms with Crippen molar-refractivity contribution in [3.05, 3.63) is 29.5 Å². The molecular formula is C14H15N7O2. The molecule has 3 aromatic rings. The van der Waals surface area contributed by atoms with E-state index >= 15 is 0 Å². The Bertz CT molecular complexity index is 852. The minimum Gasteiger partial charge on any atom is -0.410 e. The number of aromatic nitrogens is 6. The maximum atomic E-state index is 11.3. The number of nitrogens with zero attached hydrogens (tertiary/aromatic N) is 4. The summed E-state index contributed by atoms with van der Waals surface area (Å²) in [5.74, 6) is 0.482. The molecule has 3 rings (SSSR count). The first-order chi connectivity index (χ1) is 11.1. The van der Waals surface area contributed by atoms with E-state index in [-0.39, 0.29) is 0 Å². The van der Waals surface area contributed by atoms with Crippen molar-refractivity contribution in [3.8, 4) is 28.4 Å². The number of nitrogens with one attached hydrogen (secondary N) is 3. The Hall–Kier alpha value is -3.23. The monoisotopic (exact) mass is 313 g/mol. The minimum atomic E-state index is -0.513. The molecule has 118 valence electrons. The van der Waals surface area contributed by atoms with E-state index in [1.165, 1.54) is 7.05 Å². The molecule has 9 heteroatoms. The Labute approximate surface area is 131 Å². The van der Waals surface area contributed by atoms with Crippen LogP contribution in [-0.4, -0.2) is 44.0 Å². The molecule has 0 aliphatic heterocycles. The Morgan fingerprint density at radius 2 is 1.74 bits per heavy atom. The van der Waals surface area contributed by atoms with Gasteiger partial charge in [-0.25, -0.2) is 4.79 Å². The lowest BCUT2D eigenvalue weighted by atomic mass is 10.0. The van der Waals surface area contributed by atoms with Crippen LogP contribution in [0.25, 0.3) is 22.6 Å². The van der Waals surface area contributed by atoms with Crippen LogP contribution in [0.4, 0.5) is 4.79 Å². The maximum absolute atomic E-state index is 11.3. The van der Waals surface area contributed by atoms with E-state index in [1.807, 2.05) is 26.0 Å². The van der Waals surface area contributed by atoms with Crippen molar-refractivity contribution >= 4 is 6.09 Å². The predicted molar refractivity (Wildman–Crippen MR) is 81.8 cm³/mol. The summed E-state index contributed by atoms with van der Waals surface area (Å²) in [7, 11) is 1.51. The summed E-state index contributed by atoms with van der Waals surface area (Å²) in [6.07, 6.45) is -0.513. The lowest BCUT2D eigenvalue weighted by Gasteiger charge is -2.08. The minimum absolute atomic E-state index is 0.482. The van der Waals surface area contributed by atoms with Crippen LogP contribution in [0.2, 0.25) is 0 Å². The average molecular weight is 313 g/mol. The number of hydrogen-bond donors (Lipinski definition) is 3. The van der Waals surface area contributed by atoms with Gasteiger partial charge >= 0.3 is 6.09 Å². The van der Waals surface area contributed by atoms with Gasteiger partial charge in [-0.1, -0.05) is 0 Å². The summed E-state index contributed by atoms with van der Waals surface area (Å²) in [4.78, 5) is 11.3. The molecule has 1 amide bonds. The zero-order valence-corrected chi connectivity index (χ0v) is 12.8. The van der Waals surface area contributed by atoms with Crippen LogP contribution in [0.5, 0.6) is 5.75 Å². The number of H-pyrrole nitrogens is 2. The van der Waals surface area contributed by atoms with Gasteiger partial charge in [0.2, 0.25) is 0 Å². The first kappa shape index (κ1) is 14.7. The Balaban J connectivity index is 1.98. The normalized spacial score (nSPS) is 10.6. The second-order valence-corrected chi connectivity index (χ2v) is 4.90. The molecule has 0 radical (unpaired) electrons. The molecule has 2 aromatic heterocycles. The number of aryl methyl sites for hydroxylation is 2. The summed E-state index contributed by atoms with van der Waals surface area (Å²) in [5.41, 5.74) is 4.26. The van der Waals surface area contributed by atoms with Gasteiger partial charge in [-0.2, -0.15) is 30.8 Å². The van der Waals surface area contributed by atoms with Gasteiger partial charge in [-0.15, -0.1) is 0 Å². The van der Waals surface area contributed by atoms with E-state index in [4.69, 9.17) is 4.74 Å². The summed E-state index contributed by atoms with van der Waals surface area (Å²) < 4.78 is 5.17. The standard InChI is InChI=1S/C14H15N7O2/c1-7-6-9(4-5-10(7)23-14(22)15-3)12-13(19-21-18-12)11-8(2)16-20-17-11/h4-6H,1-3H3,(H,15,22)(H,16,17,20)(H,18,19,21). The van der Waals surface area contributed by atoms with Crippen molar-refractivity contribution in [1.82, 2.24) is 36.1 Å². The molecule has 0 fully saturated rings. The maximum Gasteiger partial charge on any atom is 0.412 e. The molecule has 0 spiro atoms. The number of hydrogen-bond acceptors (Lipinski definition) is 6. The van der Waals surface area contributed by atoms with Crippen LogP contribution < -0.4 is 10.1 Å². The van der Waals surface area contributed by atoms with Crippen molar-refractivity contribution < 1.29 is 9.53 Å². The third-order valence-electron chi connectivity index (χ3n) is 3.35. The molecule has 0 unspecified atom stereocenters. The summed E-state index contributed by atoms with van der Waals surface area (Å²) in [5, 5.41) is 24.0. The second kappa shape index (κ2) is 5.87. The number of benzene rings is 1. The Morgan fingerprint density at radius 1 is 1.04 bits per heavy atom. The molecule has 3 N–H and O–H groups in total. The zero-order valence-electron chi connectivity index (χ0n) is 12.8. The number of amides is 1. The van der Waals surface area contributed by atoms with Gasteiger partial charge in [0.1, 0.15) is 22.8 Å².